The average Bonchev–Trinajstić information content (AvgIpc) is 3.28. The fourth-order valence-electron chi connectivity index (χ4n) is 3.07. The smallest absolute Gasteiger partial charge is 0.274 e. The number of alkyl halides is 3. The number of thiazole rings is 1. The van der Waals surface area contributed by atoms with Crippen molar-refractivity contribution in [3.05, 3.63) is 81.9 Å². The highest BCUT2D eigenvalue weighted by Gasteiger charge is 2.34. The van der Waals surface area contributed by atoms with E-state index >= 15 is 0 Å². The van der Waals surface area contributed by atoms with Crippen LogP contribution in [-0.4, -0.2) is 28.2 Å². The molecule has 9 heteroatoms. The quantitative estimate of drug-likeness (QED) is 0.380. The summed E-state index contributed by atoms with van der Waals surface area (Å²) in [5.41, 5.74) is 1.73. The molecule has 2 amide bonds. The van der Waals surface area contributed by atoms with Crippen LogP contribution in [-0.2, 0) is 18.3 Å². The van der Waals surface area contributed by atoms with E-state index in [0.29, 0.717) is 23.3 Å². The highest BCUT2D eigenvalue weighted by atomic mass is 32.2. The van der Waals surface area contributed by atoms with Crippen LogP contribution in [0.4, 0.5) is 13.2 Å². The topological polar surface area (TPSA) is 50.3 Å². The van der Waals surface area contributed by atoms with Gasteiger partial charge in [0.25, 0.3) is 11.8 Å². The van der Waals surface area contributed by atoms with Gasteiger partial charge in [0.05, 0.1) is 22.4 Å². The number of thioether (sulfide) groups is 1. The maximum atomic E-state index is 12.6. The SMILES string of the molecule is O=C1c2ccccc2C(=O)N1CCc1csc(SCc2ccc(C(F)(F)F)cc2)n1. The second-order valence-electron chi connectivity index (χ2n) is 6.65. The van der Waals surface area contributed by atoms with Crippen LogP contribution < -0.4 is 0 Å². The summed E-state index contributed by atoms with van der Waals surface area (Å²) < 4.78 is 38.7. The molecule has 154 valence electrons. The molecular weight excluding hydrogens is 433 g/mol. The summed E-state index contributed by atoms with van der Waals surface area (Å²) in [4.78, 5) is 30.5. The van der Waals surface area contributed by atoms with Crippen LogP contribution in [0, 0.1) is 0 Å². The van der Waals surface area contributed by atoms with Gasteiger partial charge in [0.1, 0.15) is 4.34 Å². The van der Waals surface area contributed by atoms with Crippen LogP contribution in [0.5, 0.6) is 0 Å². The molecule has 0 N–H and O–H groups in total. The van der Waals surface area contributed by atoms with E-state index in [0.717, 1.165) is 27.7 Å². The van der Waals surface area contributed by atoms with Gasteiger partial charge in [0, 0.05) is 24.1 Å². The average molecular weight is 448 g/mol. The number of benzene rings is 2. The Morgan fingerprint density at radius 3 is 2.20 bits per heavy atom. The van der Waals surface area contributed by atoms with E-state index in [1.807, 2.05) is 5.38 Å². The Kier molecular flexibility index (Phi) is 5.66. The maximum Gasteiger partial charge on any atom is 0.416 e. The van der Waals surface area contributed by atoms with Gasteiger partial charge in [-0.25, -0.2) is 4.98 Å². The molecule has 2 aromatic carbocycles. The van der Waals surface area contributed by atoms with Crippen molar-refractivity contribution < 1.29 is 22.8 Å². The summed E-state index contributed by atoms with van der Waals surface area (Å²) in [6.07, 6.45) is -3.89. The first-order valence-corrected chi connectivity index (χ1v) is 10.9. The number of carbonyl (C=O) groups is 2. The monoisotopic (exact) mass is 448 g/mol. The number of halogens is 3. The van der Waals surface area contributed by atoms with Gasteiger partial charge in [-0.15, -0.1) is 11.3 Å². The van der Waals surface area contributed by atoms with Crippen molar-refractivity contribution in [2.45, 2.75) is 22.7 Å². The molecule has 1 aromatic heterocycles. The predicted octanol–water partition coefficient (Wildman–Crippen LogP) is 5.29. The number of amides is 2. The van der Waals surface area contributed by atoms with E-state index in [-0.39, 0.29) is 18.4 Å². The second kappa shape index (κ2) is 8.23. The van der Waals surface area contributed by atoms with Crippen molar-refractivity contribution >= 4 is 34.9 Å². The Balaban J connectivity index is 1.32. The number of rotatable bonds is 6. The third-order valence-corrected chi connectivity index (χ3v) is 6.78. The minimum absolute atomic E-state index is 0.249. The molecule has 3 aromatic rings. The Labute approximate surface area is 178 Å². The van der Waals surface area contributed by atoms with Crippen molar-refractivity contribution in [2.24, 2.45) is 0 Å². The van der Waals surface area contributed by atoms with Gasteiger partial charge in [-0.05, 0) is 29.8 Å². The molecule has 4 rings (SSSR count). The molecule has 0 saturated heterocycles. The lowest BCUT2D eigenvalue weighted by molar-refractivity contribution is -0.137. The number of imide groups is 1. The van der Waals surface area contributed by atoms with Crippen molar-refractivity contribution in [1.29, 1.82) is 0 Å². The predicted molar refractivity (Wildman–Crippen MR) is 109 cm³/mol. The van der Waals surface area contributed by atoms with Gasteiger partial charge in [0.2, 0.25) is 0 Å². The van der Waals surface area contributed by atoms with Gasteiger partial charge < -0.3 is 0 Å². The summed E-state index contributed by atoms with van der Waals surface area (Å²) in [6.45, 7) is 0.249. The van der Waals surface area contributed by atoms with Crippen LogP contribution in [0.3, 0.4) is 0 Å². The van der Waals surface area contributed by atoms with Crippen molar-refractivity contribution in [2.75, 3.05) is 6.54 Å². The lowest BCUT2D eigenvalue weighted by Crippen LogP contribution is -2.31. The van der Waals surface area contributed by atoms with E-state index in [1.54, 1.807) is 24.3 Å². The Bertz CT molecular complexity index is 1060. The molecule has 0 fully saturated rings. The number of nitrogens with zero attached hydrogens (tertiary/aromatic N) is 2. The molecular formula is C21H15F3N2O2S2. The lowest BCUT2D eigenvalue weighted by Gasteiger charge is -2.12. The Morgan fingerprint density at radius 2 is 1.60 bits per heavy atom. The molecule has 2 heterocycles. The standard InChI is InChI=1S/C21H15F3N2O2S2/c22-21(23,24)14-7-5-13(6-8-14)11-29-20-25-15(12-30-20)9-10-26-18(27)16-3-1-2-4-17(16)19(26)28/h1-8,12H,9-11H2. The molecule has 30 heavy (non-hydrogen) atoms. The highest BCUT2D eigenvalue weighted by molar-refractivity contribution is 8.00. The first-order valence-electron chi connectivity index (χ1n) is 9.01. The molecule has 0 atom stereocenters. The first-order chi connectivity index (χ1) is 14.3. The van der Waals surface area contributed by atoms with E-state index in [4.69, 9.17) is 0 Å². The molecule has 0 bridgehead atoms. The van der Waals surface area contributed by atoms with Crippen LogP contribution in [0.2, 0.25) is 0 Å². The van der Waals surface area contributed by atoms with Crippen LogP contribution in [0.15, 0.2) is 58.3 Å². The molecule has 0 aliphatic carbocycles. The zero-order chi connectivity index (χ0) is 21.3. The fourth-order valence-corrected chi connectivity index (χ4v) is 4.91. The van der Waals surface area contributed by atoms with Crippen molar-refractivity contribution in [3.8, 4) is 0 Å². The molecule has 1 aliphatic rings. The lowest BCUT2D eigenvalue weighted by atomic mass is 10.1. The van der Waals surface area contributed by atoms with Gasteiger partial charge >= 0.3 is 6.18 Å². The molecule has 0 saturated carbocycles. The van der Waals surface area contributed by atoms with Crippen molar-refractivity contribution in [1.82, 2.24) is 9.88 Å². The summed E-state index contributed by atoms with van der Waals surface area (Å²) in [6, 6.07) is 11.8. The summed E-state index contributed by atoms with van der Waals surface area (Å²) >= 11 is 2.87. The molecule has 1 aliphatic heterocycles. The number of hydrogen-bond donors (Lipinski definition) is 0. The third-order valence-electron chi connectivity index (χ3n) is 4.64. The summed E-state index contributed by atoms with van der Waals surface area (Å²) in [7, 11) is 0. The van der Waals surface area contributed by atoms with Gasteiger partial charge in [0.15, 0.2) is 0 Å². The molecule has 4 nitrogen and oxygen atoms in total. The van der Waals surface area contributed by atoms with Crippen LogP contribution >= 0.6 is 23.1 Å². The number of aromatic nitrogens is 1. The van der Waals surface area contributed by atoms with Gasteiger partial charge in [-0.1, -0.05) is 36.0 Å². The highest BCUT2D eigenvalue weighted by Crippen LogP contribution is 2.31. The Hall–Kier alpha value is -2.65. The number of hydrogen-bond acceptors (Lipinski definition) is 5. The minimum Gasteiger partial charge on any atom is -0.274 e. The molecule has 0 unspecified atom stereocenters. The first kappa shape index (κ1) is 20.6. The molecule has 0 spiro atoms. The second-order valence-corrected chi connectivity index (χ2v) is 8.73. The normalized spacial score (nSPS) is 13.8. The zero-order valence-electron chi connectivity index (χ0n) is 15.5. The maximum absolute atomic E-state index is 12.6. The van der Waals surface area contributed by atoms with Gasteiger partial charge in [-0.3, -0.25) is 14.5 Å². The van der Waals surface area contributed by atoms with E-state index in [1.165, 1.54) is 40.1 Å². The van der Waals surface area contributed by atoms with E-state index < -0.39 is 11.7 Å². The Morgan fingerprint density at radius 1 is 0.967 bits per heavy atom. The number of carbonyl (C=O) groups excluding carboxylic acids is 2. The minimum atomic E-state index is -4.34. The third kappa shape index (κ3) is 4.27. The fraction of sp³-hybridized carbons (Fsp3) is 0.190. The van der Waals surface area contributed by atoms with Crippen molar-refractivity contribution in [3.63, 3.8) is 0 Å². The van der Waals surface area contributed by atoms with Gasteiger partial charge in [-0.2, -0.15) is 13.2 Å². The molecule has 0 radical (unpaired) electrons. The summed E-state index contributed by atoms with van der Waals surface area (Å²) in [5, 5.41) is 1.87. The van der Waals surface area contributed by atoms with E-state index in [9.17, 15) is 22.8 Å². The largest absolute Gasteiger partial charge is 0.416 e. The van der Waals surface area contributed by atoms with Crippen LogP contribution in [0.1, 0.15) is 37.5 Å². The van der Waals surface area contributed by atoms with E-state index in [2.05, 4.69) is 4.98 Å². The van der Waals surface area contributed by atoms with Crippen LogP contribution in [0.25, 0.3) is 0 Å². The number of fused-ring (bicyclic) bond motifs is 1. The zero-order valence-corrected chi connectivity index (χ0v) is 17.1. The summed E-state index contributed by atoms with van der Waals surface area (Å²) in [5.74, 6) is -0.0748.